The maximum atomic E-state index is 12.8. The van der Waals surface area contributed by atoms with Gasteiger partial charge in [0.05, 0.1) is 18.0 Å². The Balaban J connectivity index is 3.09. The van der Waals surface area contributed by atoms with Crippen molar-refractivity contribution in [2.75, 3.05) is 13.1 Å². The topological polar surface area (TPSA) is 63.7 Å². The molecule has 0 aliphatic carbocycles. The van der Waals surface area contributed by atoms with Gasteiger partial charge in [-0.15, -0.1) is 0 Å². The summed E-state index contributed by atoms with van der Waals surface area (Å²) in [5, 5.41) is -0.681. The van der Waals surface area contributed by atoms with Crippen LogP contribution in [0.2, 0.25) is 0 Å². The minimum absolute atomic E-state index is 0.102. The molecule has 0 aliphatic rings. The predicted octanol–water partition coefficient (Wildman–Crippen LogP) is 4.19. The molecule has 0 radical (unpaired) electrons. The Hall–Kier alpha value is -1.50. The van der Waals surface area contributed by atoms with Crippen LogP contribution in [0.3, 0.4) is 0 Å². The number of carbonyl (C=O) groups is 1. The largest absolute Gasteiger partial charge is 0.368 e. The van der Waals surface area contributed by atoms with Crippen LogP contribution >= 0.6 is 0 Å². The number of hydrogen-bond donors (Lipinski definition) is 0. The van der Waals surface area contributed by atoms with E-state index in [1.165, 1.54) is 4.31 Å². The zero-order valence-corrected chi connectivity index (χ0v) is 18.8. The Labute approximate surface area is 170 Å². The minimum Gasteiger partial charge on any atom is -0.368 e. The minimum atomic E-state index is -3.43. The Morgan fingerprint density at radius 2 is 1.68 bits per heavy atom. The molecule has 0 aromatic heterocycles. The quantitative estimate of drug-likeness (QED) is 0.486. The molecule has 1 aromatic carbocycles. The maximum Gasteiger partial charge on any atom is 0.220 e. The highest BCUT2D eigenvalue weighted by Crippen LogP contribution is 2.23. The van der Waals surface area contributed by atoms with Crippen molar-refractivity contribution in [2.45, 2.75) is 65.9 Å². The van der Waals surface area contributed by atoms with E-state index in [-0.39, 0.29) is 11.7 Å². The van der Waals surface area contributed by atoms with Gasteiger partial charge in [0.2, 0.25) is 10.0 Å². The number of ether oxygens (including phenoxy) is 1. The van der Waals surface area contributed by atoms with Crippen molar-refractivity contribution in [3.8, 4) is 0 Å². The summed E-state index contributed by atoms with van der Waals surface area (Å²) in [6.07, 6.45) is 1.69. The normalized spacial score (nSPS) is 16.0. The molecular formula is C22H35NO4S. The van der Waals surface area contributed by atoms with Crippen molar-refractivity contribution in [3.63, 3.8) is 0 Å². The fourth-order valence-corrected chi connectivity index (χ4v) is 4.87. The number of ketones is 1. The average Bonchev–Trinajstić information content (AvgIpc) is 2.68. The van der Waals surface area contributed by atoms with Gasteiger partial charge in [-0.1, -0.05) is 64.1 Å². The first-order chi connectivity index (χ1) is 13.2. The Morgan fingerprint density at radius 3 is 2.18 bits per heavy atom. The third-order valence-corrected chi connectivity index (χ3v) is 7.38. The Bertz CT molecular complexity index is 739. The number of benzene rings is 1. The Morgan fingerprint density at radius 1 is 1.11 bits per heavy atom. The smallest absolute Gasteiger partial charge is 0.220 e. The van der Waals surface area contributed by atoms with Crippen molar-refractivity contribution in [1.29, 1.82) is 0 Å². The molecule has 0 N–H and O–H groups in total. The van der Waals surface area contributed by atoms with E-state index in [4.69, 9.17) is 4.74 Å². The molecule has 0 bridgehead atoms. The molecule has 6 heteroatoms. The van der Waals surface area contributed by atoms with Crippen LogP contribution in [-0.2, 0) is 26.2 Å². The van der Waals surface area contributed by atoms with Crippen LogP contribution in [0.4, 0.5) is 0 Å². The van der Waals surface area contributed by atoms with Crippen molar-refractivity contribution >= 4 is 15.8 Å². The van der Waals surface area contributed by atoms with E-state index in [9.17, 15) is 13.2 Å². The lowest BCUT2D eigenvalue weighted by Crippen LogP contribution is -2.37. The molecule has 1 rings (SSSR count). The number of nitrogens with zero attached hydrogens (tertiary/aromatic N) is 1. The highest BCUT2D eigenvalue weighted by atomic mass is 32.2. The molecule has 0 fully saturated rings. The first kappa shape index (κ1) is 24.5. The zero-order valence-electron chi connectivity index (χ0n) is 18.0. The third kappa shape index (κ3) is 6.54. The molecule has 5 nitrogen and oxygen atoms in total. The summed E-state index contributed by atoms with van der Waals surface area (Å²) in [5.74, 6) is -0.238. The highest BCUT2D eigenvalue weighted by Gasteiger charge is 2.29. The average molecular weight is 410 g/mol. The lowest BCUT2D eigenvalue weighted by atomic mass is 9.92. The van der Waals surface area contributed by atoms with Crippen LogP contribution in [0.15, 0.2) is 42.0 Å². The molecule has 158 valence electrons. The lowest BCUT2D eigenvalue weighted by molar-refractivity contribution is -0.126. The summed E-state index contributed by atoms with van der Waals surface area (Å²) in [7, 11) is -3.43. The van der Waals surface area contributed by atoms with Gasteiger partial charge >= 0.3 is 0 Å². The van der Waals surface area contributed by atoms with Gasteiger partial charge in [0.1, 0.15) is 5.78 Å². The summed E-state index contributed by atoms with van der Waals surface area (Å²) in [6.45, 7) is 12.1. The van der Waals surface area contributed by atoms with Gasteiger partial charge in [-0.05, 0) is 25.0 Å². The second-order valence-corrected chi connectivity index (χ2v) is 9.36. The molecule has 1 aromatic rings. The fraction of sp³-hybridized carbons (Fsp3) is 0.591. The molecule has 0 aliphatic heterocycles. The van der Waals surface area contributed by atoms with Crippen LogP contribution in [0.5, 0.6) is 0 Å². The fourth-order valence-electron chi connectivity index (χ4n) is 3.29. The summed E-state index contributed by atoms with van der Waals surface area (Å²) < 4.78 is 33.1. The molecule has 0 spiro atoms. The zero-order chi connectivity index (χ0) is 21.3. The summed E-state index contributed by atoms with van der Waals surface area (Å²) in [6, 6.07) is 9.76. The van der Waals surface area contributed by atoms with Gasteiger partial charge in [0.25, 0.3) is 0 Å². The van der Waals surface area contributed by atoms with Crippen LogP contribution in [0, 0.1) is 5.92 Å². The van der Waals surface area contributed by atoms with Crippen molar-refractivity contribution in [1.82, 2.24) is 4.31 Å². The number of rotatable bonds is 12. The van der Waals surface area contributed by atoms with E-state index in [0.29, 0.717) is 26.1 Å². The number of carbonyl (C=O) groups excluding carboxylic acids is 1. The lowest BCUT2D eigenvalue weighted by Gasteiger charge is -2.26. The first-order valence-corrected chi connectivity index (χ1v) is 11.5. The first-order valence-electron chi connectivity index (χ1n) is 10.0. The number of Topliss-reactive ketones (excluding diaryl/α,β-unsaturated/α-hetero) is 1. The van der Waals surface area contributed by atoms with Crippen molar-refractivity contribution in [3.05, 3.63) is 47.5 Å². The number of hydrogen-bond acceptors (Lipinski definition) is 4. The van der Waals surface area contributed by atoms with E-state index in [2.05, 4.69) is 0 Å². The Kier molecular flexibility index (Phi) is 10.1. The summed E-state index contributed by atoms with van der Waals surface area (Å²) in [4.78, 5) is 12.3. The highest BCUT2D eigenvalue weighted by molar-refractivity contribution is 7.89. The molecule has 0 saturated carbocycles. The molecule has 0 amide bonds. The molecular weight excluding hydrogens is 374 g/mol. The van der Waals surface area contributed by atoms with Gasteiger partial charge in [-0.25, -0.2) is 12.7 Å². The maximum absolute atomic E-state index is 12.8. The SMILES string of the molecule is CCC(=O)[C@H](C)[C@@H](OCc1ccccc1)/C(C)=C\[C@H](C)S(=O)(=O)N(CC)CC. The molecule has 3 atom stereocenters. The predicted molar refractivity (Wildman–Crippen MR) is 115 cm³/mol. The van der Waals surface area contributed by atoms with E-state index in [0.717, 1.165) is 11.1 Å². The van der Waals surface area contributed by atoms with Gasteiger partial charge in [-0.2, -0.15) is 0 Å². The third-order valence-electron chi connectivity index (χ3n) is 5.06. The molecule has 0 heterocycles. The second-order valence-electron chi connectivity index (χ2n) is 7.07. The van der Waals surface area contributed by atoms with E-state index < -0.39 is 21.4 Å². The van der Waals surface area contributed by atoms with Gasteiger partial charge < -0.3 is 4.74 Å². The van der Waals surface area contributed by atoms with Crippen LogP contribution in [0.1, 0.15) is 53.5 Å². The van der Waals surface area contributed by atoms with Gasteiger partial charge in [0, 0.05) is 25.4 Å². The summed E-state index contributed by atoms with van der Waals surface area (Å²) in [5.41, 5.74) is 1.79. The van der Waals surface area contributed by atoms with Crippen LogP contribution in [-0.4, -0.2) is 42.9 Å². The van der Waals surface area contributed by atoms with Crippen molar-refractivity contribution < 1.29 is 17.9 Å². The number of sulfonamides is 1. The van der Waals surface area contributed by atoms with Gasteiger partial charge in [0.15, 0.2) is 0 Å². The molecule has 0 unspecified atom stereocenters. The van der Waals surface area contributed by atoms with Gasteiger partial charge in [-0.3, -0.25) is 4.79 Å². The molecule has 0 saturated heterocycles. The summed E-state index contributed by atoms with van der Waals surface area (Å²) >= 11 is 0. The van der Waals surface area contributed by atoms with Crippen LogP contribution < -0.4 is 0 Å². The standard InChI is InChI=1S/C22H35NO4S/c1-7-21(24)19(6)22(27-16-20-13-11-10-12-14-20)17(4)15-18(5)28(25,26)23(8-2)9-3/h10-15,18-19,22H,7-9,16H2,1-6H3/b17-15-/t18-,19-,22-/m0/s1. The second kappa shape index (κ2) is 11.5. The monoisotopic (exact) mass is 409 g/mol. The van der Waals surface area contributed by atoms with Crippen LogP contribution in [0.25, 0.3) is 0 Å². The van der Waals surface area contributed by atoms with Crippen molar-refractivity contribution in [2.24, 2.45) is 5.92 Å². The van der Waals surface area contributed by atoms with E-state index in [1.807, 2.05) is 65.0 Å². The van der Waals surface area contributed by atoms with E-state index in [1.54, 1.807) is 13.0 Å². The molecule has 28 heavy (non-hydrogen) atoms. The van der Waals surface area contributed by atoms with E-state index >= 15 is 0 Å².